The van der Waals surface area contributed by atoms with E-state index >= 15 is 0 Å². The maximum absolute atomic E-state index is 13.8. The number of hydrogen-bond acceptors (Lipinski definition) is 7. The second-order valence-corrected chi connectivity index (χ2v) is 9.00. The minimum absolute atomic E-state index is 0.219. The van der Waals surface area contributed by atoms with E-state index in [1.807, 2.05) is 62.4 Å². The topological polar surface area (TPSA) is 79.1 Å². The summed E-state index contributed by atoms with van der Waals surface area (Å²) in [6.45, 7) is 8.06. The summed E-state index contributed by atoms with van der Waals surface area (Å²) in [6, 6.07) is 12.4. The lowest BCUT2D eigenvalue weighted by Crippen LogP contribution is -2.40. The molecule has 0 fully saturated rings. The molecule has 1 aliphatic rings. The van der Waals surface area contributed by atoms with Gasteiger partial charge in [0.2, 0.25) is 0 Å². The van der Waals surface area contributed by atoms with Crippen LogP contribution in [0.1, 0.15) is 43.5 Å². The largest absolute Gasteiger partial charge is 0.497 e. The Balaban J connectivity index is 1.97. The van der Waals surface area contributed by atoms with Crippen LogP contribution >= 0.6 is 11.3 Å². The fourth-order valence-electron chi connectivity index (χ4n) is 4.16. The molecule has 35 heavy (non-hydrogen) atoms. The smallest absolute Gasteiger partial charge is 0.338 e. The van der Waals surface area contributed by atoms with Crippen LogP contribution in [-0.2, 0) is 9.53 Å². The summed E-state index contributed by atoms with van der Waals surface area (Å²) >= 11 is 1.29. The van der Waals surface area contributed by atoms with Gasteiger partial charge in [0.25, 0.3) is 5.56 Å². The van der Waals surface area contributed by atoms with Gasteiger partial charge in [-0.2, -0.15) is 0 Å². The third kappa shape index (κ3) is 4.66. The molecule has 0 radical (unpaired) electrons. The minimum atomic E-state index is -0.716. The lowest BCUT2D eigenvalue weighted by atomic mass is 9.95. The van der Waals surface area contributed by atoms with Crippen molar-refractivity contribution in [1.82, 2.24) is 4.57 Å². The maximum Gasteiger partial charge on any atom is 0.338 e. The molecule has 8 heteroatoms. The van der Waals surface area contributed by atoms with E-state index in [4.69, 9.17) is 14.2 Å². The first-order valence-corrected chi connectivity index (χ1v) is 12.3. The normalized spacial score (nSPS) is 15.5. The number of nitrogens with zero attached hydrogens (tertiary/aromatic N) is 2. The van der Waals surface area contributed by atoms with Gasteiger partial charge in [-0.3, -0.25) is 9.36 Å². The van der Waals surface area contributed by atoms with Gasteiger partial charge in [-0.25, -0.2) is 9.79 Å². The van der Waals surface area contributed by atoms with Crippen molar-refractivity contribution in [1.29, 1.82) is 0 Å². The van der Waals surface area contributed by atoms with Gasteiger partial charge in [0, 0.05) is 5.56 Å². The Kier molecular flexibility index (Phi) is 7.21. The molecule has 0 saturated heterocycles. The zero-order valence-electron chi connectivity index (χ0n) is 20.5. The molecule has 3 aromatic rings. The second kappa shape index (κ2) is 10.3. The molecule has 0 aliphatic carbocycles. The van der Waals surface area contributed by atoms with Crippen molar-refractivity contribution >= 4 is 23.4 Å². The van der Waals surface area contributed by atoms with Crippen molar-refractivity contribution < 1.29 is 19.0 Å². The van der Waals surface area contributed by atoms with Gasteiger partial charge < -0.3 is 14.2 Å². The Morgan fingerprint density at radius 1 is 1.14 bits per heavy atom. The molecule has 2 aromatic carbocycles. The predicted molar refractivity (Wildman–Crippen MR) is 136 cm³/mol. The monoisotopic (exact) mass is 492 g/mol. The van der Waals surface area contributed by atoms with E-state index in [2.05, 4.69) is 4.99 Å². The summed E-state index contributed by atoms with van der Waals surface area (Å²) in [5.74, 6) is 0.866. The molecule has 1 aromatic heterocycles. The molecule has 2 heterocycles. The number of para-hydroxylation sites is 1. The number of carbonyl (C=O) groups is 1. The van der Waals surface area contributed by atoms with Crippen molar-refractivity contribution in [2.24, 2.45) is 4.99 Å². The second-order valence-electron chi connectivity index (χ2n) is 8.00. The van der Waals surface area contributed by atoms with Crippen LogP contribution in [0, 0.1) is 6.92 Å². The summed E-state index contributed by atoms with van der Waals surface area (Å²) < 4.78 is 18.6. The number of fused-ring (bicyclic) bond motifs is 1. The maximum atomic E-state index is 13.8. The number of methoxy groups -OCH3 is 1. The van der Waals surface area contributed by atoms with Crippen LogP contribution in [0.4, 0.5) is 0 Å². The van der Waals surface area contributed by atoms with Gasteiger partial charge in [-0.15, -0.1) is 0 Å². The average Bonchev–Trinajstić information content (AvgIpc) is 3.14. The van der Waals surface area contributed by atoms with E-state index in [9.17, 15) is 9.59 Å². The first kappa shape index (κ1) is 24.5. The predicted octanol–water partition coefficient (Wildman–Crippen LogP) is 3.51. The number of rotatable bonds is 7. The van der Waals surface area contributed by atoms with Crippen LogP contribution in [0.2, 0.25) is 0 Å². The standard InChI is InChI=1S/C27H28N2O5S/c1-6-33-21-11-9-8-10-20(21)24-23(26(31)34-7-2)17(4)28-27-29(24)25(30)22(35-27)15-18-12-13-19(32-5)14-16(18)3/h8-15,24H,6-7H2,1-5H3/b22-15-/t24-/m1/s1. The van der Waals surface area contributed by atoms with Crippen LogP contribution in [0.3, 0.4) is 0 Å². The molecule has 1 aliphatic heterocycles. The summed E-state index contributed by atoms with van der Waals surface area (Å²) in [5, 5.41) is 0. The quantitative estimate of drug-likeness (QED) is 0.472. The van der Waals surface area contributed by atoms with Crippen LogP contribution in [-0.4, -0.2) is 30.9 Å². The SMILES string of the molecule is CCOC(=O)C1=C(C)N=c2s/c(=C\c3ccc(OC)cc3C)c(=O)n2[C@@H]1c1ccccc1OCC. The van der Waals surface area contributed by atoms with E-state index in [0.29, 0.717) is 38.5 Å². The molecule has 0 bridgehead atoms. The number of aromatic nitrogens is 1. The van der Waals surface area contributed by atoms with Crippen molar-refractivity contribution in [3.63, 3.8) is 0 Å². The Morgan fingerprint density at radius 2 is 1.91 bits per heavy atom. The highest BCUT2D eigenvalue weighted by Gasteiger charge is 2.35. The number of allylic oxidation sites excluding steroid dienone is 1. The van der Waals surface area contributed by atoms with Gasteiger partial charge in [0.05, 0.1) is 36.1 Å². The summed E-state index contributed by atoms with van der Waals surface area (Å²) in [6.07, 6.45) is 1.85. The van der Waals surface area contributed by atoms with Crippen LogP contribution < -0.4 is 24.4 Å². The summed E-state index contributed by atoms with van der Waals surface area (Å²) in [7, 11) is 1.62. The highest BCUT2D eigenvalue weighted by atomic mass is 32.1. The Hall–Kier alpha value is -3.65. The summed E-state index contributed by atoms with van der Waals surface area (Å²) in [4.78, 5) is 32.0. The van der Waals surface area contributed by atoms with E-state index in [1.54, 1.807) is 25.5 Å². The molecule has 0 saturated carbocycles. The van der Waals surface area contributed by atoms with Crippen molar-refractivity contribution in [3.05, 3.63) is 90.1 Å². The fraction of sp³-hybridized carbons (Fsp3) is 0.296. The van der Waals surface area contributed by atoms with Crippen molar-refractivity contribution in [2.75, 3.05) is 20.3 Å². The number of thiazole rings is 1. The Morgan fingerprint density at radius 3 is 2.60 bits per heavy atom. The van der Waals surface area contributed by atoms with Gasteiger partial charge in [0.15, 0.2) is 4.80 Å². The zero-order valence-corrected chi connectivity index (χ0v) is 21.3. The van der Waals surface area contributed by atoms with Crippen molar-refractivity contribution in [2.45, 2.75) is 33.7 Å². The molecule has 1 atom stereocenters. The highest BCUT2D eigenvalue weighted by molar-refractivity contribution is 7.07. The first-order chi connectivity index (χ1) is 16.9. The van der Waals surface area contributed by atoms with Gasteiger partial charge in [-0.05, 0) is 63.1 Å². The third-order valence-electron chi connectivity index (χ3n) is 5.79. The van der Waals surface area contributed by atoms with Gasteiger partial charge in [-0.1, -0.05) is 35.6 Å². The summed E-state index contributed by atoms with van der Waals surface area (Å²) in [5.41, 5.74) is 3.22. The Bertz CT molecular complexity index is 1480. The third-order valence-corrected chi connectivity index (χ3v) is 6.78. The number of carbonyl (C=O) groups excluding carboxylic acids is 1. The van der Waals surface area contributed by atoms with Crippen LogP contribution in [0.15, 0.2) is 63.5 Å². The molecule has 182 valence electrons. The van der Waals surface area contributed by atoms with E-state index in [-0.39, 0.29) is 12.2 Å². The number of esters is 1. The molecular formula is C27H28N2O5S. The lowest BCUT2D eigenvalue weighted by Gasteiger charge is -2.26. The number of aryl methyl sites for hydroxylation is 1. The zero-order chi connectivity index (χ0) is 25.1. The van der Waals surface area contributed by atoms with E-state index < -0.39 is 12.0 Å². The fourth-order valence-corrected chi connectivity index (χ4v) is 5.19. The van der Waals surface area contributed by atoms with Gasteiger partial charge >= 0.3 is 5.97 Å². The average molecular weight is 493 g/mol. The van der Waals surface area contributed by atoms with E-state index in [0.717, 1.165) is 16.9 Å². The number of ether oxygens (including phenoxy) is 3. The van der Waals surface area contributed by atoms with Crippen LogP contribution in [0.5, 0.6) is 11.5 Å². The molecule has 4 rings (SSSR count). The first-order valence-electron chi connectivity index (χ1n) is 11.5. The number of hydrogen-bond donors (Lipinski definition) is 0. The van der Waals surface area contributed by atoms with Crippen LogP contribution in [0.25, 0.3) is 6.08 Å². The molecule has 7 nitrogen and oxygen atoms in total. The van der Waals surface area contributed by atoms with Gasteiger partial charge in [0.1, 0.15) is 17.5 Å². The highest BCUT2D eigenvalue weighted by Crippen LogP contribution is 2.35. The number of benzene rings is 2. The minimum Gasteiger partial charge on any atom is -0.497 e. The van der Waals surface area contributed by atoms with E-state index in [1.165, 1.54) is 11.3 Å². The molecular weight excluding hydrogens is 464 g/mol. The molecule has 0 N–H and O–H groups in total. The van der Waals surface area contributed by atoms with Crippen molar-refractivity contribution in [3.8, 4) is 11.5 Å². The molecule has 0 unspecified atom stereocenters. The Labute approximate surface area is 207 Å². The molecule has 0 spiro atoms. The molecule has 0 amide bonds. The lowest BCUT2D eigenvalue weighted by molar-refractivity contribution is -0.139.